The van der Waals surface area contributed by atoms with Crippen LogP contribution in [0.2, 0.25) is 25.7 Å². The summed E-state index contributed by atoms with van der Waals surface area (Å²) in [5, 5.41) is 8.81. The van der Waals surface area contributed by atoms with E-state index in [2.05, 4.69) is 53.7 Å². The second kappa shape index (κ2) is 19.0. The minimum atomic E-state index is -1.31. The summed E-state index contributed by atoms with van der Waals surface area (Å²) in [7, 11) is 0.817. The average molecular weight is 870 g/mol. The van der Waals surface area contributed by atoms with Crippen molar-refractivity contribution in [3.8, 4) is 11.8 Å². The lowest BCUT2D eigenvalue weighted by Gasteiger charge is -2.35. The maximum atomic E-state index is 13.6. The van der Waals surface area contributed by atoms with Crippen LogP contribution in [-0.2, 0) is 27.4 Å². The van der Waals surface area contributed by atoms with E-state index in [9.17, 15) is 19.2 Å². The number of benzene rings is 2. The van der Waals surface area contributed by atoms with Gasteiger partial charge in [0, 0.05) is 68.9 Å². The van der Waals surface area contributed by atoms with Gasteiger partial charge in [0.15, 0.2) is 5.65 Å². The van der Waals surface area contributed by atoms with Crippen LogP contribution in [0, 0.1) is 18.8 Å². The number of nitrogens with zero attached hydrogens (tertiary/aromatic N) is 8. The summed E-state index contributed by atoms with van der Waals surface area (Å²) >= 11 is 0. The molecule has 2 aromatic carbocycles. The lowest BCUT2D eigenvalue weighted by atomic mass is 10.0. The number of nitrogens with one attached hydrogen (secondary N) is 1. The van der Waals surface area contributed by atoms with Crippen molar-refractivity contribution < 1.29 is 23.9 Å². The molecule has 3 aliphatic rings. The average Bonchev–Trinajstić information content (AvgIpc) is 4.03. The van der Waals surface area contributed by atoms with E-state index in [0.29, 0.717) is 42.6 Å². The maximum Gasteiger partial charge on any atom is 0.256 e. The van der Waals surface area contributed by atoms with Gasteiger partial charge in [0.25, 0.3) is 17.7 Å². The topological polar surface area (TPSA) is 147 Å². The number of aryl methyl sites for hydroxylation is 2. The van der Waals surface area contributed by atoms with Crippen molar-refractivity contribution in [2.75, 3.05) is 32.2 Å². The van der Waals surface area contributed by atoms with Gasteiger partial charge in [-0.1, -0.05) is 62.9 Å². The zero-order valence-corrected chi connectivity index (χ0v) is 38.3. The summed E-state index contributed by atoms with van der Waals surface area (Å²) in [5.41, 5.74) is 6.44. The number of carbonyl (C=O) groups excluding carboxylic acids is 4. The molecule has 0 bridgehead atoms. The highest BCUT2D eigenvalue weighted by atomic mass is 28.3. The maximum absolute atomic E-state index is 13.6. The summed E-state index contributed by atoms with van der Waals surface area (Å²) in [5.74, 6) is 6.06. The molecule has 2 saturated heterocycles. The molecule has 4 amide bonds. The number of fused-ring (bicyclic) bond motifs is 3. The predicted octanol–water partition coefficient (Wildman–Crippen LogP) is 7.58. The van der Waals surface area contributed by atoms with Gasteiger partial charge in [-0.25, -0.2) is 9.97 Å². The molecule has 1 N–H and O–H groups in total. The Morgan fingerprint density at radius 2 is 1.83 bits per heavy atom. The highest BCUT2D eigenvalue weighted by molar-refractivity contribution is 6.76. The number of hydrogen-bond donors (Lipinski definition) is 1. The van der Waals surface area contributed by atoms with E-state index >= 15 is 0 Å². The van der Waals surface area contributed by atoms with Crippen LogP contribution in [-0.4, -0.2) is 104 Å². The third-order valence-corrected chi connectivity index (χ3v) is 14.3. The summed E-state index contributed by atoms with van der Waals surface area (Å²) in [6.45, 7) is 11.3. The summed E-state index contributed by atoms with van der Waals surface area (Å²) in [6, 6.07) is 11.9. The number of hydrogen-bond acceptors (Lipinski definition) is 9. The molecular formula is C48H59N9O5Si. The van der Waals surface area contributed by atoms with Gasteiger partial charge >= 0.3 is 0 Å². The van der Waals surface area contributed by atoms with Crippen molar-refractivity contribution >= 4 is 54.1 Å². The number of carbonyl (C=O) groups is 4. The smallest absolute Gasteiger partial charge is 0.256 e. The normalized spacial score (nSPS) is 18.1. The first-order valence-electron chi connectivity index (χ1n) is 22.5. The summed E-state index contributed by atoms with van der Waals surface area (Å²) in [6.07, 6.45) is 14.2. The Kier molecular flexibility index (Phi) is 13.2. The van der Waals surface area contributed by atoms with Gasteiger partial charge < -0.3 is 19.4 Å². The van der Waals surface area contributed by atoms with E-state index in [4.69, 9.17) is 14.8 Å². The van der Waals surface area contributed by atoms with E-state index in [1.165, 1.54) is 4.90 Å². The number of ether oxygens (including phenoxy) is 1. The van der Waals surface area contributed by atoms with E-state index < -0.39 is 14.1 Å². The number of piperidine rings is 1. The van der Waals surface area contributed by atoms with Gasteiger partial charge in [-0.05, 0) is 88.5 Å². The summed E-state index contributed by atoms with van der Waals surface area (Å²) in [4.78, 5) is 67.5. The van der Waals surface area contributed by atoms with Crippen molar-refractivity contribution in [1.82, 2.24) is 38.8 Å². The Bertz CT molecular complexity index is 2600. The minimum Gasteiger partial charge on any atom is -0.361 e. The molecule has 63 heavy (non-hydrogen) atoms. The fraction of sp³-hybridized carbons (Fsp3) is 0.479. The number of imidazole rings is 1. The molecule has 8 rings (SSSR count). The van der Waals surface area contributed by atoms with Gasteiger partial charge in [0.05, 0.1) is 35.3 Å². The number of likely N-dealkylation sites (tertiary alicyclic amines) is 2. The van der Waals surface area contributed by atoms with Crippen LogP contribution in [0.4, 0.5) is 5.82 Å². The van der Waals surface area contributed by atoms with Gasteiger partial charge in [0.1, 0.15) is 18.6 Å². The van der Waals surface area contributed by atoms with Gasteiger partial charge in [0.2, 0.25) is 5.91 Å². The monoisotopic (exact) mass is 869 g/mol. The van der Waals surface area contributed by atoms with Crippen molar-refractivity contribution in [2.45, 2.75) is 122 Å². The first-order valence-corrected chi connectivity index (χ1v) is 26.2. The first kappa shape index (κ1) is 43.9. The van der Waals surface area contributed by atoms with Crippen LogP contribution in [0.3, 0.4) is 0 Å². The molecule has 0 aliphatic carbocycles. The van der Waals surface area contributed by atoms with E-state index in [0.717, 1.165) is 110 Å². The Morgan fingerprint density at radius 3 is 2.63 bits per heavy atom. The molecule has 330 valence electrons. The molecule has 0 spiro atoms. The van der Waals surface area contributed by atoms with Crippen molar-refractivity contribution in [3.63, 3.8) is 0 Å². The zero-order chi connectivity index (χ0) is 44.3. The van der Waals surface area contributed by atoms with E-state index in [1.807, 2.05) is 58.7 Å². The number of amides is 4. The molecule has 2 atom stereocenters. The predicted molar refractivity (Wildman–Crippen MR) is 245 cm³/mol. The number of imide groups is 1. The van der Waals surface area contributed by atoms with Gasteiger partial charge in [-0.3, -0.25) is 33.7 Å². The zero-order valence-electron chi connectivity index (χ0n) is 37.3. The largest absolute Gasteiger partial charge is 0.361 e. The second-order valence-corrected chi connectivity index (χ2v) is 24.1. The Morgan fingerprint density at radius 1 is 1.00 bits per heavy atom. The van der Waals surface area contributed by atoms with Crippen LogP contribution in [0.15, 0.2) is 55.0 Å². The van der Waals surface area contributed by atoms with Crippen LogP contribution < -0.4 is 5.32 Å². The fourth-order valence-electron chi connectivity index (χ4n) is 8.93. The van der Waals surface area contributed by atoms with Crippen LogP contribution >= 0.6 is 0 Å². The fourth-order valence-corrected chi connectivity index (χ4v) is 9.69. The molecule has 2 fully saturated rings. The Labute approximate surface area is 370 Å². The minimum absolute atomic E-state index is 0.0708. The molecule has 3 aliphatic heterocycles. The Balaban J connectivity index is 0.791. The third-order valence-electron chi connectivity index (χ3n) is 12.6. The quantitative estimate of drug-likeness (QED) is 0.0459. The molecule has 1 unspecified atom stereocenters. The standard InChI is InChI=1S/C48H59N9O5Si/c1-33-36-20-19-35(46(59)51-43-31-54-30-39(50-44(54)28-49-43)40-18-14-23-53(40)2)27-42(36)57(52-33)24-12-10-8-6-7-9-11-15-34-16-13-17-37-38(34)29-55(47(37)60)41-21-22-45(58)56(48(41)61)32-62-25-26-63(3,4)5/h13,16-17,19-20,27-28,30-31,40-41H,6-10,12,14,18,21-26,29,32H2,1-5H3,(H,51,59)/t40-,41?/m1/s1. The number of unbranched alkanes of at least 4 members (excludes halogenated alkanes) is 5. The highest BCUT2D eigenvalue weighted by Crippen LogP contribution is 2.32. The highest BCUT2D eigenvalue weighted by Gasteiger charge is 2.43. The van der Waals surface area contributed by atoms with E-state index in [1.54, 1.807) is 17.2 Å². The van der Waals surface area contributed by atoms with Gasteiger partial charge in [-0.2, -0.15) is 5.10 Å². The number of aromatic nitrogens is 5. The van der Waals surface area contributed by atoms with Crippen molar-refractivity contribution in [1.29, 1.82) is 0 Å². The molecular weight excluding hydrogens is 811 g/mol. The second-order valence-electron chi connectivity index (χ2n) is 18.5. The van der Waals surface area contributed by atoms with E-state index in [-0.39, 0.29) is 36.8 Å². The van der Waals surface area contributed by atoms with Crippen molar-refractivity contribution in [3.05, 3.63) is 88.6 Å². The van der Waals surface area contributed by atoms with Crippen LogP contribution in [0.25, 0.3) is 16.6 Å². The van der Waals surface area contributed by atoms with Crippen LogP contribution in [0.5, 0.6) is 0 Å². The molecule has 6 heterocycles. The summed E-state index contributed by atoms with van der Waals surface area (Å²) < 4.78 is 9.70. The van der Waals surface area contributed by atoms with Crippen LogP contribution in [0.1, 0.15) is 113 Å². The molecule has 0 radical (unpaired) electrons. The van der Waals surface area contributed by atoms with Crippen molar-refractivity contribution in [2.24, 2.45) is 0 Å². The third kappa shape index (κ3) is 9.93. The lowest BCUT2D eigenvalue weighted by Crippen LogP contribution is -2.55. The first-order chi connectivity index (χ1) is 30.3. The molecule has 0 saturated carbocycles. The molecule has 3 aromatic heterocycles. The SMILES string of the molecule is Cc1nn(CCCCCCCC#Cc2cccc3c2CN(C2CCC(=O)N(COCC[Si](C)(C)C)C2=O)C3=O)c2cc(C(=O)Nc3cn4cc([C@H]5CCCN5C)nc4cn3)ccc12. The number of anilines is 1. The molecule has 14 nitrogen and oxygen atoms in total. The molecule has 15 heteroatoms. The number of rotatable bonds is 16. The Hall–Kier alpha value is -5.69. The lowest BCUT2D eigenvalue weighted by molar-refractivity contribution is -0.158. The van der Waals surface area contributed by atoms with Gasteiger partial charge in [-0.15, -0.1) is 0 Å². The molecule has 5 aromatic rings.